The van der Waals surface area contributed by atoms with E-state index in [4.69, 9.17) is 5.11 Å². The van der Waals surface area contributed by atoms with Crippen molar-refractivity contribution in [3.63, 3.8) is 0 Å². The van der Waals surface area contributed by atoms with Crippen LogP contribution in [0.25, 0.3) is 5.69 Å². The molecule has 0 atom stereocenters. The van der Waals surface area contributed by atoms with Crippen LogP contribution in [-0.2, 0) is 0 Å². The van der Waals surface area contributed by atoms with Crippen LogP contribution in [0, 0.1) is 5.82 Å². The number of hydrogen-bond donors (Lipinski definition) is 1. The molecule has 1 aromatic heterocycles. The van der Waals surface area contributed by atoms with Crippen LogP contribution in [0.4, 0.5) is 4.39 Å². The molecule has 1 aromatic carbocycles. The molecule has 0 unspecified atom stereocenters. The summed E-state index contributed by atoms with van der Waals surface area (Å²) in [6, 6.07) is 5.69. The molecule has 0 fully saturated rings. The van der Waals surface area contributed by atoms with E-state index in [1.165, 1.54) is 29.2 Å². The van der Waals surface area contributed by atoms with Crippen molar-refractivity contribution in [3.8, 4) is 5.69 Å². The van der Waals surface area contributed by atoms with Gasteiger partial charge in [0.1, 0.15) is 12.1 Å². The van der Waals surface area contributed by atoms with Gasteiger partial charge in [0.15, 0.2) is 5.69 Å². The molecule has 0 amide bonds. The molecule has 0 radical (unpaired) electrons. The molecule has 78 valence electrons. The Kier molecular flexibility index (Phi) is 3.88. The number of carbonyl (C=O) groups is 1. The van der Waals surface area contributed by atoms with Crippen LogP contribution >= 0.6 is 0 Å². The number of aromatic nitrogens is 2. The van der Waals surface area contributed by atoms with Crippen molar-refractivity contribution in [2.24, 2.45) is 0 Å². The summed E-state index contributed by atoms with van der Waals surface area (Å²) in [4.78, 5) is 14.2. The largest absolute Gasteiger partial charge is 1.00 e. The van der Waals surface area contributed by atoms with Crippen LogP contribution in [0.2, 0.25) is 0 Å². The number of hydrogen-bond acceptors (Lipinski definition) is 2. The van der Waals surface area contributed by atoms with Gasteiger partial charge in [0.2, 0.25) is 0 Å². The average Bonchev–Trinajstić information content (AvgIpc) is 2.68. The van der Waals surface area contributed by atoms with Gasteiger partial charge in [-0.1, -0.05) is 0 Å². The number of carboxylic acids is 1. The van der Waals surface area contributed by atoms with Gasteiger partial charge in [0.25, 0.3) is 0 Å². The second-order valence-electron chi connectivity index (χ2n) is 2.95. The standard InChI is InChI=1S/C10H7FN2O2.Li.H/c11-7-1-3-8(4-2-7)13-5-9(10(14)15)12-6-13;;/h1-6H,(H,14,15);;/q;+1;-1. The summed E-state index contributed by atoms with van der Waals surface area (Å²) in [5, 5.41) is 8.65. The smallest absolute Gasteiger partial charge is 1.00 e. The minimum atomic E-state index is -1.09. The van der Waals surface area contributed by atoms with Crippen molar-refractivity contribution < 1.29 is 34.6 Å². The van der Waals surface area contributed by atoms with Crippen molar-refractivity contribution in [3.05, 3.63) is 48.3 Å². The Balaban J connectivity index is 0.00000128. The minimum Gasteiger partial charge on any atom is -1.00 e. The van der Waals surface area contributed by atoms with Crippen LogP contribution in [0.5, 0.6) is 0 Å². The Bertz CT molecular complexity index is 501. The van der Waals surface area contributed by atoms with E-state index >= 15 is 0 Å². The van der Waals surface area contributed by atoms with Crippen molar-refractivity contribution in [1.82, 2.24) is 9.55 Å². The van der Waals surface area contributed by atoms with E-state index in [2.05, 4.69) is 4.98 Å². The fourth-order valence-corrected chi connectivity index (χ4v) is 1.19. The van der Waals surface area contributed by atoms with E-state index in [9.17, 15) is 9.18 Å². The number of nitrogens with zero attached hydrogens (tertiary/aromatic N) is 2. The van der Waals surface area contributed by atoms with E-state index in [0.29, 0.717) is 5.69 Å². The van der Waals surface area contributed by atoms with Gasteiger partial charge in [-0.15, -0.1) is 0 Å². The molecule has 0 saturated carbocycles. The van der Waals surface area contributed by atoms with Crippen molar-refractivity contribution >= 4 is 5.97 Å². The number of halogens is 1. The molecule has 0 saturated heterocycles. The maximum atomic E-state index is 12.6. The molecule has 0 bridgehead atoms. The maximum Gasteiger partial charge on any atom is 1.00 e. The number of aromatic carboxylic acids is 1. The first kappa shape index (κ1) is 12.5. The van der Waals surface area contributed by atoms with Gasteiger partial charge >= 0.3 is 24.8 Å². The summed E-state index contributed by atoms with van der Waals surface area (Å²) >= 11 is 0. The summed E-state index contributed by atoms with van der Waals surface area (Å²) in [5.74, 6) is -1.42. The average molecular weight is 214 g/mol. The van der Waals surface area contributed by atoms with Gasteiger partial charge in [-0.05, 0) is 24.3 Å². The van der Waals surface area contributed by atoms with Crippen LogP contribution in [0.15, 0.2) is 36.8 Å². The number of carboxylic acid groups (broad SMARTS) is 1. The van der Waals surface area contributed by atoms with E-state index in [0.717, 1.165) is 0 Å². The molecule has 0 aliphatic rings. The van der Waals surface area contributed by atoms with Crippen molar-refractivity contribution in [2.75, 3.05) is 0 Å². The van der Waals surface area contributed by atoms with Gasteiger partial charge < -0.3 is 11.1 Å². The molecule has 16 heavy (non-hydrogen) atoms. The summed E-state index contributed by atoms with van der Waals surface area (Å²) in [7, 11) is 0. The van der Waals surface area contributed by atoms with E-state index in [1.54, 1.807) is 12.1 Å². The molecule has 0 aliphatic heterocycles. The monoisotopic (exact) mass is 214 g/mol. The third kappa shape index (κ3) is 2.51. The second-order valence-corrected chi connectivity index (χ2v) is 2.95. The van der Waals surface area contributed by atoms with Crippen LogP contribution < -0.4 is 18.9 Å². The van der Waals surface area contributed by atoms with Crippen molar-refractivity contribution in [2.45, 2.75) is 0 Å². The molecule has 4 nitrogen and oxygen atoms in total. The van der Waals surface area contributed by atoms with Gasteiger partial charge in [0, 0.05) is 11.9 Å². The predicted molar refractivity (Wildman–Crippen MR) is 51.6 cm³/mol. The maximum absolute atomic E-state index is 12.6. The fraction of sp³-hybridized carbons (Fsp3) is 0. The zero-order valence-corrected chi connectivity index (χ0v) is 8.59. The Morgan fingerprint density at radius 3 is 2.50 bits per heavy atom. The number of imidazole rings is 1. The molecule has 0 spiro atoms. The predicted octanol–water partition coefficient (Wildman–Crippen LogP) is -1.17. The van der Waals surface area contributed by atoms with Gasteiger partial charge in [-0.3, -0.25) is 0 Å². The summed E-state index contributed by atoms with van der Waals surface area (Å²) in [5.41, 5.74) is 0.621. The van der Waals surface area contributed by atoms with E-state index in [1.807, 2.05) is 0 Å². The van der Waals surface area contributed by atoms with Gasteiger partial charge in [-0.2, -0.15) is 0 Å². The second kappa shape index (κ2) is 4.97. The number of rotatable bonds is 2. The molecular weight excluding hydrogens is 206 g/mol. The molecule has 1 heterocycles. The molecule has 2 rings (SSSR count). The van der Waals surface area contributed by atoms with Crippen LogP contribution in [0.1, 0.15) is 11.9 Å². The molecular formula is C10H8FLiN2O2. The normalized spacial score (nSPS) is 9.56. The summed E-state index contributed by atoms with van der Waals surface area (Å²) < 4.78 is 14.1. The van der Waals surface area contributed by atoms with E-state index < -0.39 is 5.97 Å². The molecule has 6 heteroatoms. The SMILES string of the molecule is O=C(O)c1cn(-c2ccc(F)cc2)cn1.[H-].[Li+]. The van der Waals surface area contributed by atoms with E-state index in [-0.39, 0.29) is 31.8 Å². The quantitative estimate of drug-likeness (QED) is 0.640. The molecule has 0 aliphatic carbocycles. The Morgan fingerprint density at radius 1 is 1.38 bits per heavy atom. The molecule has 1 N–H and O–H groups in total. The first-order valence-corrected chi connectivity index (χ1v) is 4.20. The summed E-state index contributed by atoms with van der Waals surface area (Å²) in [6.45, 7) is 0. The third-order valence-electron chi connectivity index (χ3n) is 1.93. The fourth-order valence-electron chi connectivity index (χ4n) is 1.19. The van der Waals surface area contributed by atoms with Gasteiger partial charge in [-0.25, -0.2) is 14.2 Å². The first-order chi connectivity index (χ1) is 7.16. The van der Waals surface area contributed by atoms with Crippen LogP contribution in [0.3, 0.4) is 0 Å². The van der Waals surface area contributed by atoms with Crippen molar-refractivity contribution in [1.29, 1.82) is 0 Å². The topological polar surface area (TPSA) is 55.1 Å². The first-order valence-electron chi connectivity index (χ1n) is 4.20. The van der Waals surface area contributed by atoms with Gasteiger partial charge in [0.05, 0.1) is 0 Å². The third-order valence-corrected chi connectivity index (χ3v) is 1.93. The molecule has 2 aromatic rings. The van der Waals surface area contributed by atoms with Crippen LogP contribution in [-0.4, -0.2) is 20.6 Å². The number of benzene rings is 1. The Morgan fingerprint density at radius 2 is 2.00 bits per heavy atom. The minimum absolute atomic E-state index is 0. The Labute approximate surface area is 104 Å². The Hall–Kier alpha value is -1.57. The summed E-state index contributed by atoms with van der Waals surface area (Å²) in [6.07, 6.45) is 2.74. The zero-order chi connectivity index (χ0) is 10.8. The zero-order valence-electron chi connectivity index (χ0n) is 9.59.